The second-order valence-corrected chi connectivity index (χ2v) is 4.99. The van der Waals surface area contributed by atoms with Crippen molar-refractivity contribution < 1.29 is 24.2 Å². The molecule has 1 aliphatic heterocycles. The van der Waals surface area contributed by atoms with Crippen LogP contribution in [0.4, 0.5) is 4.39 Å². The highest BCUT2D eigenvalue weighted by Gasteiger charge is 2.26. The molecule has 1 aromatic carbocycles. The standard InChI is InChI=1S/C14H16FNO4/c15-10-1-2-12(17)11(8-10)14(20)16-5-3-9(4-6-16)7-13(18)19/h1-2,8-9,17H,3-7H2,(H,18,19). The van der Waals surface area contributed by atoms with Gasteiger partial charge in [0.15, 0.2) is 0 Å². The smallest absolute Gasteiger partial charge is 0.303 e. The minimum atomic E-state index is -0.836. The summed E-state index contributed by atoms with van der Waals surface area (Å²) < 4.78 is 13.1. The predicted octanol–water partition coefficient (Wildman–Crippen LogP) is 1.86. The molecule has 1 amide bonds. The van der Waals surface area contributed by atoms with E-state index in [1.54, 1.807) is 0 Å². The molecule has 1 aromatic rings. The van der Waals surface area contributed by atoms with E-state index in [9.17, 15) is 19.1 Å². The van der Waals surface area contributed by atoms with Crippen molar-refractivity contribution in [1.82, 2.24) is 4.90 Å². The molecule has 0 saturated carbocycles. The van der Waals surface area contributed by atoms with Crippen molar-refractivity contribution in [2.24, 2.45) is 5.92 Å². The minimum absolute atomic E-state index is 0.0540. The van der Waals surface area contributed by atoms with E-state index in [-0.39, 0.29) is 23.7 Å². The number of nitrogens with zero attached hydrogens (tertiary/aromatic N) is 1. The summed E-state index contributed by atoms with van der Waals surface area (Å²) in [7, 11) is 0. The highest BCUT2D eigenvalue weighted by atomic mass is 19.1. The molecule has 0 aromatic heterocycles. The van der Waals surface area contributed by atoms with Gasteiger partial charge < -0.3 is 15.1 Å². The lowest BCUT2D eigenvalue weighted by molar-refractivity contribution is -0.138. The molecule has 1 saturated heterocycles. The van der Waals surface area contributed by atoms with Crippen LogP contribution < -0.4 is 0 Å². The molecule has 0 aliphatic carbocycles. The molecule has 1 fully saturated rings. The van der Waals surface area contributed by atoms with Gasteiger partial charge in [-0.25, -0.2) is 4.39 Å². The van der Waals surface area contributed by atoms with Gasteiger partial charge in [-0.1, -0.05) is 0 Å². The van der Waals surface area contributed by atoms with Gasteiger partial charge in [-0.15, -0.1) is 0 Å². The minimum Gasteiger partial charge on any atom is -0.507 e. The summed E-state index contributed by atoms with van der Waals surface area (Å²) in [4.78, 5) is 24.3. The van der Waals surface area contributed by atoms with Crippen LogP contribution in [0, 0.1) is 11.7 Å². The number of rotatable bonds is 3. The average molecular weight is 281 g/mol. The second-order valence-electron chi connectivity index (χ2n) is 4.99. The summed E-state index contributed by atoms with van der Waals surface area (Å²) in [6, 6.07) is 3.26. The van der Waals surface area contributed by atoms with E-state index >= 15 is 0 Å². The fraction of sp³-hybridized carbons (Fsp3) is 0.429. The van der Waals surface area contributed by atoms with Gasteiger partial charge in [0.2, 0.25) is 0 Å². The first-order valence-corrected chi connectivity index (χ1v) is 6.47. The van der Waals surface area contributed by atoms with E-state index in [2.05, 4.69) is 0 Å². The number of carbonyl (C=O) groups excluding carboxylic acids is 1. The van der Waals surface area contributed by atoms with Crippen LogP contribution >= 0.6 is 0 Å². The highest BCUT2D eigenvalue weighted by Crippen LogP contribution is 2.25. The number of carbonyl (C=O) groups is 2. The Morgan fingerprint density at radius 2 is 1.95 bits per heavy atom. The van der Waals surface area contributed by atoms with Crippen LogP contribution in [0.3, 0.4) is 0 Å². The van der Waals surface area contributed by atoms with Crippen molar-refractivity contribution in [3.8, 4) is 5.75 Å². The summed E-state index contributed by atoms with van der Waals surface area (Å²) >= 11 is 0. The van der Waals surface area contributed by atoms with Crippen molar-refractivity contribution in [3.05, 3.63) is 29.6 Å². The Kier molecular flexibility index (Phi) is 4.22. The monoisotopic (exact) mass is 281 g/mol. The zero-order valence-electron chi connectivity index (χ0n) is 10.9. The molecule has 20 heavy (non-hydrogen) atoms. The molecule has 2 N–H and O–H groups in total. The number of amides is 1. The maximum atomic E-state index is 13.1. The zero-order valence-corrected chi connectivity index (χ0v) is 10.9. The Morgan fingerprint density at radius 1 is 1.30 bits per heavy atom. The lowest BCUT2D eigenvalue weighted by Crippen LogP contribution is -2.39. The van der Waals surface area contributed by atoms with Crippen LogP contribution in [0.25, 0.3) is 0 Å². The van der Waals surface area contributed by atoms with E-state index < -0.39 is 17.7 Å². The summed E-state index contributed by atoms with van der Waals surface area (Å²) in [5.74, 6) is -2.01. The third kappa shape index (κ3) is 3.26. The molecule has 1 aliphatic rings. The van der Waals surface area contributed by atoms with E-state index in [1.165, 1.54) is 4.90 Å². The van der Waals surface area contributed by atoms with Crippen molar-refractivity contribution in [3.63, 3.8) is 0 Å². The number of carboxylic acids is 1. The Morgan fingerprint density at radius 3 is 2.55 bits per heavy atom. The molecule has 5 nitrogen and oxygen atoms in total. The van der Waals surface area contributed by atoms with Gasteiger partial charge in [-0.3, -0.25) is 9.59 Å². The van der Waals surface area contributed by atoms with Crippen LogP contribution in [0.1, 0.15) is 29.6 Å². The number of hydrogen-bond acceptors (Lipinski definition) is 3. The summed E-state index contributed by atoms with van der Waals surface area (Å²) in [6.07, 6.45) is 1.31. The summed E-state index contributed by atoms with van der Waals surface area (Å²) in [5, 5.41) is 18.3. The van der Waals surface area contributed by atoms with Crippen molar-refractivity contribution in [1.29, 1.82) is 0 Å². The fourth-order valence-electron chi connectivity index (χ4n) is 2.44. The van der Waals surface area contributed by atoms with Gasteiger partial charge in [-0.2, -0.15) is 0 Å². The summed E-state index contributed by atoms with van der Waals surface area (Å²) in [5.41, 5.74) is -0.0540. The SMILES string of the molecule is O=C(O)CC1CCN(C(=O)c2cc(F)ccc2O)CC1. The van der Waals surface area contributed by atoms with E-state index in [1.807, 2.05) is 0 Å². The van der Waals surface area contributed by atoms with Gasteiger partial charge >= 0.3 is 5.97 Å². The number of hydrogen-bond donors (Lipinski definition) is 2. The number of aliphatic carboxylic acids is 1. The number of likely N-dealkylation sites (tertiary alicyclic amines) is 1. The van der Waals surface area contributed by atoms with Crippen molar-refractivity contribution in [2.75, 3.05) is 13.1 Å². The number of benzene rings is 1. The zero-order chi connectivity index (χ0) is 14.7. The quantitative estimate of drug-likeness (QED) is 0.886. The predicted molar refractivity (Wildman–Crippen MR) is 68.9 cm³/mol. The third-order valence-corrected chi connectivity index (χ3v) is 3.55. The molecule has 0 radical (unpaired) electrons. The van der Waals surface area contributed by atoms with Gasteiger partial charge in [-0.05, 0) is 37.0 Å². The van der Waals surface area contributed by atoms with E-state index in [4.69, 9.17) is 5.11 Å². The number of carboxylic acid groups (broad SMARTS) is 1. The molecular weight excluding hydrogens is 265 g/mol. The maximum absolute atomic E-state index is 13.1. The Balaban J connectivity index is 2.01. The van der Waals surface area contributed by atoms with Gasteiger partial charge in [0.05, 0.1) is 5.56 Å². The molecule has 0 bridgehead atoms. The second kappa shape index (κ2) is 5.90. The molecule has 0 unspecified atom stereocenters. The molecule has 1 heterocycles. The Labute approximate surface area is 115 Å². The van der Waals surface area contributed by atoms with E-state index in [0.29, 0.717) is 25.9 Å². The van der Waals surface area contributed by atoms with Gasteiger partial charge in [0.1, 0.15) is 11.6 Å². The number of halogens is 1. The molecule has 0 atom stereocenters. The van der Waals surface area contributed by atoms with E-state index in [0.717, 1.165) is 18.2 Å². The van der Waals surface area contributed by atoms with Crippen molar-refractivity contribution in [2.45, 2.75) is 19.3 Å². The number of aromatic hydroxyl groups is 1. The fourth-order valence-corrected chi connectivity index (χ4v) is 2.44. The average Bonchev–Trinajstić information content (AvgIpc) is 2.41. The van der Waals surface area contributed by atoms with Crippen LogP contribution in [-0.2, 0) is 4.79 Å². The maximum Gasteiger partial charge on any atom is 0.303 e. The largest absolute Gasteiger partial charge is 0.507 e. The number of piperidine rings is 1. The first-order valence-electron chi connectivity index (χ1n) is 6.47. The number of phenols is 1. The topological polar surface area (TPSA) is 77.8 Å². The van der Waals surface area contributed by atoms with Crippen molar-refractivity contribution >= 4 is 11.9 Å². The molecule has 6 heteroatoms. The lowest BCUT2D eigenvalue weighted by atomic mass is 9.93. The first-order chi connectivity index (χ1) is 9.47. The molecule has 108 valence electrons. The highest BCUT2D eigenvalue weighted by molar-refractivity contribution is 5.96. The van der Waals surface area contributed by atoms with Gasteiger partial charge in [0.25, 0.3) is 5.91 Å². The molecule has 2 rings (SSSR count). The summed E-state index contributed by atoms with van der Waals surface area (Å²) in [6.45, 7) is 0.847. The first kappa shape index (κ1) is 14.3. The Hall–Kier alpha value is -2.11. The number of phenolic OH excluding ortho intramolecular Hbond substituents is 1. The van der Waals surface area contributed by atoms with Gasteiger partial charge in [0, 0.05) is 19.5 Å². The molecular formula is C14H16FNO4. The normalized spacial score (nSPS) is 16.1. The lowest BCUT2D eigenvalue weighted by Gasteiger charge is -2.31. The Bertz CT molecular complexity index is 524. The van der Waals surface area contributed by atoms with Crippen LogP contribution in [0.5, 0.6) is 5.75 Å². The third-order valence-electron chi connectivity index (χ3n) is 3.55. The van der Waals surface area contributed by atoms with Crippen LogP contribution in [-0.4, -0.2) is 40.1 Å². The van der Waals surface area contributed by atoms with Crippen LogP contribution in [0.15, 0.2) is 18.2 Å². The van der Waals surface area contributed by atoms with Crippen LogP contribution in [0.2, 0.25) is 0 Å². The molecule has 0 spiro atoms.